The fourth-order valence-corrected chi connectivity index (χ4v) is 5.37. The Morgan fingerprint density at radius 3 is 0.820 bits per heavy atom. The lowest BCUT2D eigenvalue weighted by atomic mass is 10.1. The first-order chi connectivity index (χ1) is 24.2. The number of carboxylic acids is 2. The van der Waals surface area contributed by atoms with Gasteiger partial charge >= 0.3 is 11.9 Å². The van der Waals surface area contributed by atoms with Crippen molar-refractivity contribution in [1.29, 1.82) is 0 Å². The molecule has 6 nitrogen and oxygen atoms in total. The fourth-order valence-electron chi connectivity index (χ4n) is 5.37. The smallest absolute Gasteiger partial charge is 0.328 e. The van der Waals surface area contributed by atoms with Gasteiger partial charge in [0.15, 0.2) is 0 Å². The summed E-state index contributed by atoms with van der Waals surface area (Å²) in [5, 5.41) is 15.6. The van der Waals surface area contributed by atoms with Gasteiger partial charge in [-0.05, 0) is 98.5 Å². The zero-order valence-electron chi connectivity index (χ0n) is 28.8. The quantitative estimate of drug-likeness (QED) is 0.158. The second kappa shape index (κ2) is 18.2. The van der Waals surface area contributed by atoms with Crippen molar-refractivity contribution in [2.24, 2.45) is 0 Å². The van der Waals surface area contributed by atoms with Crippen LogP contribution in [0.4, 0.5) is 34.1 Å². The van der Waals surface area contributed by atoms with Crippen molar-refractivity contribution in [1.82, 2.24) is 0 Å². The molecule has 0 aliphatic carbocycles. The van der Waals surface area contributed by atoms with E-state index in [1.165, 1.54) is 56.4 Å². The summed E-state index contributed by atoms with van der Waals surface area (Å²) in [5.74, 6) is -2.51. The summed E-state index contributed by atoms with van der Waals surface area (Å²) in [4.78, 5) is 23.8. The molecule has 0 aliphatic heterocycles. The summed E-state index contributed by atoms with van der Waals surface area (Å²) in [5.41, 5.74) is 12.3. The van der Waals surface area contributed by atoms with Gasteiger partial charge in [-0.3, -0.25) is 0 Å². The molecule has 50 heavy (non-hydrogen) atoms. The van der Waals surface area contributed by atoms with E-state index in [0.717, 1.165) is 0 Å². The molecule has 2 N–H and O–H groups in total. The fraction of sp³-hybridized carbons (Fsp3) is 0.0909. The molecule has 0 aromatic heterocycles. The van der Waals surface area contributed by atoms with Gasteiger partial charge in [0.05, 0.1) is 0 Å². The molecule has 0 atom stereocenters. The zero-order chi connectivity index (χ0) is 35.9. The van der Waals surface area contributed by atoms with Crippen molar-refractivity contribution in [3.63, 3.8) is 0 Å². The SMILES string of the molecule is Cc1ccccc1N(c1ccccc1)c1ccccc1C.Cc1ccccc1N(c1ccccc1)c1ccccc1C.O=C(O)/C=C/C(=O)O. The number of rotatable bonds is 8. The maximum absolute atomic E-state index is 9.55. The molecule has 0 amide bonds. The molecule has 0 fully saturated rings. The van der Waals surface area contributed by atoms with Crippen LogP contribution in [0.2, 0.25) is 0 Å². The van der Waals surface area contributed by atoms with E-state index in [1.807, 2.05) is 0 Å². The summed E-state index contributed by atoms with van der Waals surface area (Å²) in [6.45, 7) is 8.63. The van der Waals surface area contributed by atoms with Crippen LogP contribution in [-0.2, 0) is 9.59 Å². The van der Waals surface area contributed by atoms with Gasteiger partial charge < -0.3 is 20.0 Å². The number of carboxylic acid groups (broad SMARTS) is 2. The second-order valence-corrected chi connectivity index (χ2v) is 11.5. The van der Waals surface area contributed by atoms with Crippen molar-refractivity contribution in [3.05, 3.63) is 192 Å². The Kier molecular flexibility index (Phi) is 13.3. The highest BCUT2D eigenvalue weighted by Crippen LogP contribution is 2.39. The highest BCUT2D eigenvalue weighted by molar-refractivity contribution is 5.89. The maximum Gasteiger partial charge on any atom is 0.328 e. The third-order valence-corrected chi connectivity index (χ3v) is 7.82. The molecule has 0 saturated carbocycles. The standard InChI is InChI=1S/2C20H19N.C4H4O4/c2*1-16-10-6-8-14-19(16)21(18-12-4-3-5-13-18)20-15-9-7-11-17(20)2;5-3(6)1-2-4(7)8/h2*3-15H,1-2H3;1-2H,(H,5,6)(H,7,8)/b;;2-1+. The highest BCUT2D eigenvalue weighted by Gasteiger charge is 2.16. The second-order valence-electron chi connectivity index (χ2n) is 11.5. The minimum absolute atomic E-state index is 0.558. The van der Waals surface area contributed by atoms with Crippen molar-refractivity contribution >= 4 is 46.1 Å². The molecule has 6 rings (SSSR count). The van der Waals surface area contributed by atoms with E-state index in [-0.39, 0.29) is 0 Å². The summed E-state index contributed by atoms with van der Waals surface area (Å²) in [6.07, 6.45) is 1.12. The van der Waals surface area contributed by atoms with E-state index in [2.05, 4.69) is 195 Å². The third kappa shape index (κ3) is 10.1. The van der Waals surface area contributed by atoms with Gasteiger partial charge in [-0.15, -0.1) is 0 Å². The Labute approximate surface area is 294 Å². The molecular weight excluding hydrogens is 620 g/mol. The summed E-state index contributed by atoms with van der Waals surface area (Å²) < 4.78 is 0. The van der Waals surface area contributed by atoms with Gasteiger partial charge in [0.25, 0.3) is 0 Å². The topological polar surface area (TPSA) is 81.1 Å². The highest BCUT2D eigenvalue weighted by atomic mass is 16.4. The summed E-state index contributed by atoms with van der Waals surface area (Å²) in [7, 11) is 0. The van der Waals surface area contributed by atoms with Gasteiger partial charge in [0.2, 0.25) is 0 Å². The summed E-state index contributed by atoms with van der Waals surface area (Å²) in [6, 6.07) is 55.1. The number of hydrogen-bond donors (Lipinski definition) is 2. The lowest BCUT2D eigenvalue weighted by Crippen LogP contribution is -2.12. The molecule has 0 heterocycles. The van der Waals surface area contributed by atoms with Crippen LogP contribution in [0.3, 0.4) is 0 Å². The van der Waals surface area contributed by atoms with Crippen LogP contribution < -0.4 is 9.80 Å². The Morgan fingerprint density at radius 2 is 0.600 bits per heavy atom. The number of carbonyl (C=O) groups is 2. The predicted octanol–water partition coefficient (Wildman–Crippen LogP) is 11.3. The van der Waals surface area contributed by atoms with E-state index in [4.69, 9.17) is 10.2 Å². The number of aliphatic carboxylic acids is 2. The maximum atomic E-state index is 9.55. The first-order valence-corrected chi connectivity index (χ1v) is 16.2. The Hall–Kier alpha value is -6.40. The minimum Gasteiger partial charge on any atom is -0.478 e. The molecule has 6 aromatic rings. The number of aryl methyl sites for hydroxylation is 4. The van der Waals surface area contributed by atoms with Crippen LogP contribution in [-0.4, -0.2) is 22.2 Å². The van der Waals surface area contributed by atoms with Crippen molar-refractivity contribution in [3.8, 4) is 0 Å². The lowest BCUT2D eigenvalue weighted by molar-refractivity contribution is -0.134. The third-order valence-electron chi connectivity index (χ3n) is 7.82. The molecule has 252 valence electrons. The summed E-state index contributed by atoms with van der Waals surface area (Å²) >= 11 is 0. The van der Waals surface area contributed by atoms with Gasteiger partial charge in [-0.1, -0.05) is 109 Å². The largest absolute Gasteiger partial charge is 0.478 e. The van der Waals surface area contributed by atoms with E-state index in [1.54, 1.807) is 0 Å². The van der Waals surface area contributed by atoms with Crippen LogP contribution in [0.5, 0.6) is 0 Å². The predicted molar refractivity (Wildman–Crippen MR) is 206 cm³/mol. The van der Waals surface area contributed by atoms with E-state index in [9.17, 15) is 9.59 Å². The Balaban J connectivity index is 0.000000186. The molecule has 0 spiro atoms. The average Bonchev–Trinajstić information content (AvgIpc) is 3.12. The van der Waals surface area contributed by atoms with Gasteiger partial charge in [0, 0.05) is 46.3 Å². The minimum atomic E-state index is -1.26. The van der Waals surface area contributed by atoms with Crippen molar-refractivity contribution < 1.29 is 19.8 Å². The van der Waals surface area contributed by atoms with Gasteiger partial charge in [-0.2, -0.15) is 0 Å². The molecule has 0 unspecified atom stereocenters. The average molecular weight is 663 g/mol. The molecule has 0 saturated heterocycles. The van der Waals surface area contributed by atoms with E-state index in [0.29, 0.717) is 12.2 Å². The number of hydrogen-bond acceptors (Lipinski definition) is 4. The molecule has 6 aromatic carbocycles. The van der Waals surface area contributed by atoms with Crippen molar-refractivity contribution in [2.45, 2.75) is 27.7 Å². The Morgan fingerprint density at radius 1 is 0.380 bits per heavy atom. The van der Waals surface area contributed by atoms with Crippen LogP contribution in [0.25, 0.3) is 0 Å². The number of para-hydroxylation sites is 6. The molecule has 0 bridgehead atoms. The molecular formula is C44H42N2O4. The van der Waals surface area contributed by atoms with Crippen LogP contribution in [0.15, 0.2) is 170 Å². The molecule has 6 heteroatoms. The normalized spacial score (nSPS) is 10.2. The van der Waals surface area contributed by atoms with Crippen molar-refractivity contribution in [2.75, 3.05) is 9.80 Å². The first kappa shape index (κ1) is 36.4. The van der Waals surface area contributed by atoms with Crippen LogP contribution in [0, 0.1) is 27.7 Å². The number of benzene rings is 6. The van der Waals surface area contributed by atoms with Crippen LogP contribution >= 0.6 is 0 Å². The number of anilines is 6. The number of nitrogens with zero attached hydrogens (tertiary/aromatic N) is 2. The molecule has 0 aliphatic rings. The van der Waals surface area contributed by atoms with Gasteiger partial charge in [0.1, 0.15) is 0 Å². The van der Waals surface area contributed by atoms with Gasteiger partial charge in [-0.25, -0.2) is 9.59 Å². The monoisotopic (exact) mass is 662 g/mol. The van der Waals surface area contributed by atoms with Crippen LogP contribution in [0.1, 0.15) is 22.3 Å². The van der Waals surface area contributed by atoms with E-state index < -0.39 is 11.9 Å². The Bertz CT molecular complexity index is 1790. The zero-order valence-corrected chi connectivity index (χ0v) is 28.8. The first-order valence-electron chi connectivity index (χ1n) is 16.2. The van der Waals surface area contributed by atoms with E-state index >= 15 is 0 Å². The molecule has 0 radical (unpaired) electrons. The lowest BCUT2D eigenvalue weighted by Gasteiger charge is -2.28.